The second kappa shape index (κ2) is 6.10. The molecule has 1 heterocycles. The first-order valence-electron chi connectivity index (χ1n) is 6.13. The minimum Gasteiger partial charge on any atom is -0.356 e. The van der Waals surface area contributed by atoms with E-state index in [2.05, 4.69) is 27.8 Å². The summed E-state index contributed by atoms with van der Waals surface area (Å²) in [4.78, 5) is 4.42. The van der Waals surface area contributed by atoms with Gasteiger partial charge in [-0.2, -0.15) is 0 Å². The number of rotatable bonds is 2. The number of halogens is 2. The van der Waals surface area contributed by atoms with E-state index in [1.165, 1.54) is 12.0 Å². The van der Waals surface area contributed by atoms with Gasteiger partial charge < -0.3 is 10.6 Å². The fraction of sp³-hybridized carbons (Fsp3) is 0.462. The molecule has 0 aromatic heterocycles. The molecule has 1 aromatic rings. The molecule has 98 valence electrons. The highest BCUT2D eigenvalue weighted by Gasteiger charge is 2.39. The molecule has 3 rings (SSSR count). The Bertz CT molecular complexity index is 450. The summed E-state index contributed by atoms with van der Waals surface area (Å²) in [5, 5.41) is 7.56. The van der Waals surface area contributed by atoms with E-state index in [1.54, 1.807) is 0 Å². The van der Waals surface area contributed by atoms with Gasteiger partial charge in [0.25, 0.3) is 0 Å². The van der Waals surface area contributed by atoms with Gasteiger partial charge in [-0.1, -0.05) is 23.7 Å². The van der Waals surface area contributed by atoms with E-state index in [0.717, 1.165) is 30.5 Å². The van der Waals surface area contributed by atoms with Crippen molar-refractivity contribution in [3.05, 3.63) is 34.9 Å². The van der Waals surface area contributed by atoms with Gasteiger partial charge in [-0.15, -0.1) is 24.0 Å². The predicted octanol–water partition coefficient (Wildman–Crippen LogP) is 2.75. The van der Waals surface area contributed by atoms with Gasteiger partial charge in [0.2, 0.25) is 0 Å². The van der Waals surface area contributed by atoms with Crippen LogP contribution < -0.4 is 10.6 Å². The van der Waals surface area contributed by atoms with Crippen LogP contribution in [0.4, 0.5) is 0 Å². The zero-order valence-electron chi connectivity index (χ0n) is 10.0. The van der Waals surface area contributed by atoms with Crippen LogP contribution in [0, 0.1) is 0 Å². The molecular formula is C13H17ClIN3. The Morgan fingerprint density at radius 1 is 1.39 bits per heavy atom. The molecule has 0 unspecified atom stereocenters. The summed E-state index contributed by atoms with van der Waals surface area (Å²) in [6, 6.07) is 8.66. The van der Waals surface area contributed by atoms with E-state index >= 15 is 0 Å². The lowest BCUT2D eigenvalue weighted by Gasteiger charge is -2.16. The Labute approximate surface area is 129 Å². The third-order valence-corrected chi connectivity index (χ3v) is 3.52. The van der Waals surface area contributed by atoms with Crippen molar-refractivity contribution in [2.75, 3.05) is 13.1 Å². The first kappa shape index (κ1) is 13.9. The summed E-state index contributed by atoms with van der Waals surface area (Å²) in [5.41, 5.74) is 1.33. The fourth-order valence-electron chi connectivity index (χ4n) is 2.27. The Morgan fingerprint density at radius 2 is 2.28 bits per heavy atom. The molecule has 1 fully saturated rings. The molecule has 5 heteroatoms. The number of nitrogens with one attached hydrogen (secondary N) is 2. The van der Waals surface area contributed by atoms with E-state index in [-0.39, 0.29) is 24.0 Å². The molecule has 1 aliphatic carbocycles. The Kier molecular flexibility index (Phi) is 4.72. The van der Waals surface area contributed by atoms with Crippen LogP contribution in [0.1, 0.15) is 24.3 Å². The van der Waals surface area contributed by atoms with E-state index in [0.29, 0.717) is 12.0 Å². The monoisotopic (exact) mass is 377 g/mol. The van der Waals surface area contributed by atoms with Crippen LogP contribution in [0.15, 0.2) is 29.3 Å². The zero-order valence-corrected chi connectivity index (χ0v) is 13.1. The van der Waals surface area contributed by atoms with Crippen LogP contribution in [0.2, 0.25) is 5.02 Å². The number of hydrogen-bond acceptors (Lipinski definition) is 3. The molecule has 18 heavy (non-hydrogen) atoms. The molecule has 1 aliphatic heterocycles. The molecule has 0 bridgehead atoms. The smallest absolute Gasteiger partial charge is 0.191 e. The predicted molar refractivity (Wildman–Crippen MR) is 86.1 cm³/mol. The number of nitrogens with zero attached hydrogens (tertiary/aromatic N) is 1. The Balaban J connectivity index is 0.00000120. The average Bonchev–Trinajstić information content (AvgIpc) is 3.10. The maximum atomic E-state index is 6.00. The number of hydrogen-bond donors (Lipinski definition) is 2. The molecule has 0 radical (unpaired) electrons. The highest BCUT2D eigenvalue weighted by Crippen LogP contribution is 2.41. The van der Waals surface area contributed by atoms with Crippen LogP contribution in [0.3, 0.4) is 0 Å². The van der Waals surface area contributed by atoms with Gasteiger partial charge in [0, 0.05) is 30.1 Å². The van der Waals surface area contributed by atoms with Crippen LogP contribution in [-0.4, -0.2) is 25.1 Å². The first-order valence-corrected chi connectivity index (χ1v) is 6.51. The van der Waals surface area contributed by atoms with Crippen molar-refractivity contribution in [2.45, 2.75) is 24.8 Å². The summed E-state index contributed by atoms with van der Waals surface area (Å²) in [6.07, 6.45) is 2.30. The Hall–Kier alpha value is -0.490. The second-order valence-electron chi connectivity index (χ2n) is 4.66. The second-order valence-corrected chi connectivity index (χ2v) is 5.10. The summed E-state index contributed by atoms with van der Waals surface area (Å²) in [6.45, 7) is 1.96. The molecule has 1 saturated carbocycles. The van der Waals surface area contributed by atoms with Gasteiger partial charge in [-0.3, -0.25) is 4.99 Å². The summed E-state index contributed by atoms with van der Waals surface area (Å²) in [7, 11) is 0. The van der Waals surface area contributed by atoms with Crippen molar-refractivity contribution < 1.29 is 0 Å². The van der Waals surface area contributed by atoms with Crippen molar-refractivity contribution in [3.63, 3.8) is 0 Å². The van der Waals surface area contributed by atoms with Crippen molar-refractivity contribution in [1.29, 1.82) is 0 Å². The van der Waals surface area contributed by atoms with E-state index in [1.807, 2.05) is 12.1 Å². The van der Waals surface area contributed by atoms with Gasteiger partial charge in [-0.25, -0.2) is 0 Å². The van der Waals surface area contributed by atoms with Gasteiger partial charge in [0.15, 0.2) is 5.96 Å². The standard InChI is InChI=1S/C13H16ClN3.HI/c14-10-4-1-3-9(7-10)11-8-12(11)17-13-15-5-2-6-16-13;/h1,3-4,7,11-12H,2,5-6,8H2,(H2,15,16,17);1H/t11-,12+;/m0./s1. The maximum absolute atomic E-state index is 6.00. The topological polar surface area (TPSA) is 36.4 Å². The van der Waals surface area contributed by atoms with Gasteiger partial charge in [-0.05, 0) is 30.5 Å². The quantitative estimate of drug-likeness (QED) is 0.778. The third kappa shape index (κ3) is 3.29. The molecule has 0 saturated heterocycles. The molecular weight excluding hydrogens is 361 g/mol. The van der Waals surface area contributed by atoms with Gasteiger partial charge in [0.1, 0.15) is 0 Å². The maximum Gasteiger partial charge on any atom is 0.191 e. The van der Waals surface area contributed by atoms with Crippen LogP contribution in [-0.2, 0) is 0 Å². The number of aliphatic imine (C=N–C) groups is 1. The van der Waals surface area contributed by atoms with Crippen molar-refractivity contribution in [1.82, 2.24) is 10.6 Å². The van der Waals surface area contributed by atoms with E-state index in [4.69, 9.17) is 11.6 Å². The lowest BCUT2D eigenvalue weighted by Crippen LogP contribution is -2.42. The summed E-state index contributed by atoms with van der Waals surface area (Å²) < 4.78 is 0. The largest absolute Gasteiger partial charge is 0.356 e. The van der Waals surface area contributed by atoms with Crippen LogP contribution in [0.5, 0.6) is 0 Å². The lowest BCUT2D eigenvalue weighted by molar-refractivity contribution is 0.696. The first-order chi connectivity index (χ1) is 8.33. The molecule has 2 aliphatic rings. The molecule has 1 aromatic carbocycles. The summed E-state index contributed by atoms with van der Waals surface area (Å²) in [5.74, 6) is 1.55. The molecule has 2 atom stereocenters. The third-order valence-electron chi connectivity index (χ3n) is 3.29. The normalized spacial score (nSPS) is 25.5. The van der Waals surface area contributed by atoms with E-state index < -0.39 is 0 Å². The number of guanidine groups is 1. The fourth-order valence-corrected chi connectivity index (χ4v) is 2.46. The lowest BCUT2D eigenvalue weighted by atomic mass is 10.1. The zero-order chi connectivity index (χ0) is 11.7. The molecule has 3 nitrogen and oxygen atoms in total. The van der Waals surface area contributed by atoms with Crippen molar-refractivity contribution in [2.24, 2.45) is 4.99 Å². The van der Waals surface area contributed by atoms with Gasteiger partial charge in [0.05, 0.1) is 0 Å². The van der Waals surface area contributed by atoms with Crippen LogP contribution in [0.25, 0.3) is 0 Å². The van der Waals surface area contributed by atoms with Gasteiger partial charge >= 0.3 is 0 Å². The minimum atomic E-state index is 0. The van der Waals surface area contributed by atoms with Crippen molar-refractivity contribution in [3.8, 4) is 0 Å². The SMILES string of the molecule is Clc1cccc([C@@H]2C[C@H]2NC2=NCCCN2)c1.I. The number of benzene rings is 1. The highest BCUT2D eigenvalue weighted by molar-refractivity contribution is 14.0. The van der Waals surface area contributed by atoms with E-state index in [9.17, 15) is 0 Å². The molecule has 0 amide bonds. The van der Waals surface area contributed by atoms with Crippen LogP contribution >= 0.6 is 35.6 Å². The highest BCUT2D eigenvalue weighted by atomic mass is 127. The van der Waals surface area contributed by atoms with Crippen molar-refractivity contribution >= 4 is 41.5 Å². The Morgan fingerprint density at radius 3 is 3.00 bits per heavy atom. The molecule has 0 spiro atoms. The summed E-state index contributed by atoms with van der Waals surface area (Å²) >= 11 is 6.00. The minimum absolute atomic E-state index is 0. The molecule has 2 N–H and O–H groups in total. The average molecular weight is 378 g/mol.